The van der Waals surface area contributed by atoms with Crippen LogP contribution in [0.4, 0.5) is 0 Å². The van der Waals surface area contributed by atoms with Gasteiger partial charge in [0.05, 0.1) is 7.11 Å². The smallest absolute Gasteiger partial charge is 0.246 e. The van der Waals surface area contributed by atoms with Crippen molar-refractivity contribution in [2.75, 3.05) is 20.2 Å². The number of rotatable bonds is 5. The summed E-state index contributed by atoms with van der Waals surface area (Å²) >= 11 is 0. The first-order chi connectivity index (χ1) is 9.52. The molecule has 1 aromatic carbocycles. The predicted molar refractivity (Wildman–Crippen MR) is 78.0 cm³/mol. The first kappa shape index (κ1) is 15.3. The van der Waals surface area contributed by atoms with Crippen molar-refractivity contribution in [3.63, 3.8) is 0 Å². The molecule has 112 valence electrons. The molecule has 0 bridgehead atoms. The Morgan fingerprint density at radius 3 is 2.75 bits per heavy atom. The molecule has 0 amide bonds. The summed E-state index contributed by atoms with van der Waals surface area (Å²) in [5, 5.41) is 0. The molecular weight excluding hydrogens is 276 g/mol. The van der Waals surface area contributed by atoms with Crippen molar-refractivity contribution in [1.29, 1.82) is 0 Å². The van der Waals surface area contributed by atoms with Gasteiger partial charge in [0.15, 0.2) is 0 Å². The van der Waals surface area contributed by atoms with Crippen molar-refractivity contribution in [1.82, 2.24) is 4.31 Å². The van der Waals surface area contributed by atoms with E-state index in [2.05, 4.69) is 6.92 Å². The minimum absolute atomic E-state index is 0.231. The maximum Gasteiger partial charge on any atom is 0.246 e. The van der Waals surface area contributed by atoms with Gasteiger partial charge in [0, 0.05) is 19.6 Å². The molecule has 1 fully saturated rings. The van der Waals surface area contributed by atoms with Crippen LogP contribution in [0.15, 0.2) is 23.1 Å². The first-order valence-electron chi connectivity index (χ1n) is 6.90. The minimum Gasteiger partial charge on any atom is -0.495 e. The predicted octanol–water partition coefficient (Wildman–Crippen LogP) is 1.57. The fourth-order valence-corrected chi connectivity index (χ4v) is 4.21. The van der Waals surface area contributed by atoms with E-state index in [9.17, 15) is 8.42 Å². The number of hydrogen-bond donors (Lipinski definition) is 1. The van der Waals surface area contributed by atoms with Crippen LogP contribution in [0.25, 0.3) is 0 Å². The van der Waals surface area contributed by atoms with Gasteiger partial charge in [0.1, 0.15) is 10.6 Å². The van der Waals surface area contributed by atoms with Gasteiger partial charge in [-0.2, -0.15) is 4.31 Å². The van der Waals surface area contributed by atoms with Crippen LogP contribution in [0.2, 0.25) is 0 Å². The standard InChI is InChI=1S/C14H22N2O3S/c1-3-11-6-7-16(10-11)20(17,18)14-5-4-12(9-15)8-13(14)19-2/h4-5,8,11H,3,6-7,9-10,15H2,1-2H3. The third-order valence-electron chi connectivity index (χ3n) is 3.91. The largest absolute Gasteiger partial charge is 0.495 e. The third-order valence-corrected chi connectivity index (χ3v) is 5.81. The van der Waals surface area contributed by atoms with Crippen LogP contribution in [0.5, 0.6) is 5.75 Å². The lowest BCUT2D eigenvalue weighted by atomic mass is 10.1. The Kier molecular flexibility index (Phi) is 4.67. The molecule has 1 aromatic rings. The van der Waals surface area contributed by atoms with E-state index in [1.54, 1.807) is 22.5 Å². The summed E-state index contributed by atoms with van der Waals surface area (Å²) in [7, 11) is -2.00. The number of benzene rings is 1. The fraction of sp³-hybridized carbons (Fsp3) is 0.571. The number of nitrogens with two attached hydrogens (primary N) is 1. The van der Waals surface area contributed by atoms with Gasteiger partial charge >= 0.3 is 0 Å². The van der Waals surface area contributed by atoms with Crippen LogP contribution in [0.1, 0.15) is 25.3 Å². The molecule has 20 heavy (non-hydrogen) atoms. The second kappa shape index (κ2) is 6.11. The Morgan fingerprint density at radius 1 is 1.45 bits per heavy atom. The molecule has 1 aliphatic heterocycles. The van der Waals surface area contributed by atoms with Gasteiger partial charge in [0.2, 0.25) is 10.0 Å². The molecule has 2 N–H and O–H groups in total. The highest BCUT2D eigenvalue weighted by Gasteiger charge is 2.33. The second-order valence-electron chi connectivity index (χ2n) is 5.12. The third kappa shape index (κ3) is 2.82. The Labute approximate surface area is 120 Å². The van der Waals surface area contributed by atoms with Gasteiger partial charge in [0.25, 0.3) is 0 Å². The zero-order chi connectivity index (χ0) is 14.8. The number of nitrogens with zero attached hydrogens (tertiary/aromatic N) is 1. The molecule has 5 nitrogen and oxygen atoms in total. The molecule has 1 aliphatic rings. The van der Waals surface area contributed by atoms with Crippen molar-refractivity contribution in [2.24, 2.45) is 11.7 Å². The van der Waals surface area contributed by atoms with Gasteiger partial charge in [-0.3, -0.25) is 0 Å². The number of hydrogen-bond acceptors (Lipinski definition) is 4. The van der Waals surface area contributed by atoms with E-state index in [1.165, 1.54) is 7.11 Å². The van der Waals surface area contributed by atoms with Crippen molar-refractivity contribution in [3.05, 3.63) is 23.8 Å². The Morgan fingerprint density at radius 2 is 2.20 bits per heavy atom. The summed E-state index contributed by atoms with van der Waals surface area (Å²) < 4.78 is 32.2. The van der Waals surface area contributed by atoms with Gasteiger partial charge in [-0.15, -0.1) is 0 Å². The highest BCUT2D eigenvalue weighted by Crippen LogP contribution is 2.31. The molecule has 1 saturated heterocycles. The van der Waals surface area contributed by atoms with Gasteiger partial charge in [-0.05, 0) is 30.0 Å². The number of methoxy groups -OCH3 is 1. The summed E-state index contributed by atoms with van der Waals surface area (Å²) in [5.74, 6) is 0.826. The molecule has 0 saturated carbocycles. The topological polar surface area (TPSA) is 72.6 Å². The van der Waals surface area contributed by atoms with Crippen molar-refractivity contribution in [3.8, 4) is 5.75 Å². The monoisotopic (exact) mass is 298 g/mol. The average Bonchev–Trinajstić information content (AvgIpc) is 2.96. The van der Waals surface area contributed by atoms with Gasteiger partial charge in [-0.1, -0.05) is 19.4 Å². The molecule has 1 atom stereocenters. The molecule has 6 heteroatoms. The molecule has 0 aromatic heterocycles. The van der Waals surface area contributed by atoms with Crippen LogP contribution in [-0.2, 0) is 16.6 Å². The van der Waals surface area contributed by atoms with E-state index in [1.807, 2.05) is 0 Å². The quantitative estimate of drug-likeness (QED) is 0.895. The van der Waals surface area contributed by atoms with E-state index in [0.29, 0.717) is 31.3 Å². The molecule has 1 heterocycles. The summed E-state index contributed by atoms with van der Waals surface area (Å²) in [5.41, 5.74) is 6.43. The van der Waals surface area contributed by atoms with Crippen molar-refractivity contribution < 1.29 is 13.2 Å². The van der Waals surface area contributed by atoms with E-state index >= 15 is 0 Å². The fourth-order valence-electron chi connectivity index (χ4n) is 2.54. The van der Waals surface area contributed by atoms with E-state index in [4.69, 9.17) is 10.5 Å². The van der Waals surface area contributed by atoms with Gasteiger partial charge in [-0.25, -0.2) is 8.42 Å². The average molecular weight is 298 g/mol. The SMILES string of the molecule is CCC1CCN(S(=O)(=O)c2ccc(CN)cc2OC)C1. The van der Waals surface area contributed by atoms with Crippen LogP contribution < -0.4 is 10.5 Å². The Hall–Kier alpha value is -1.11. The zero-order valence-electron chi connectivity index (χ0n) is 12.0. The Bertz CT molecular complexity index is 572. The molecule has 0 radical (unpaired) electrons. The highest BCUT2D eigenvalue weighted by atomic mass is 32.2. The summed E-state index contributed by atoms with van der Waals surface area (Å²) in [6.45, 7) is 3.64. The maximum atomic E-state index is 12.7. The normalized spacial score (nSPS) is 20.2. The van der Waals surface area contributed by atoms with Crippen LogP contribution >= 0.6 is 0 Å². The highest BCUT2D eigenvalue weighted by molar-refractivity contribution is 7.89. The van der Waals surface area contributed by atoms with E-state index in [0.717, 1.165) is 18.4 Å². The van der Waals surface area contributed by atoms with Gasteiger partial charge < -0.3 is 10.5 Å². The first-order valence-corrected chi connectivity index (χ1v) is 8.34. The second-order valence-corrected chi connectivity index (χ2v) is 7.02. The van der Waals surface area contributed by atoms with E-state index in [-0.39, 0.29) is 4.90 Å². The lowest BCUT2D eigenvalue weighted by molar-refractivity contribution is 0.396. The van der Waals surface area contributed by atoms with Crippen LogP contribution in [0, 0.1) is 5.92 Å². The van der Waals surface area contributed by atoms with Crippen LogP contribution in [0.3, 0.4) is 0 Å². The van der Waals surface area contributed by atoms with Crippen molar-refractivity contribution in [2.45, 2.75) is 31.2 Å². The molecule has 0 aliphatic carbocycles. The maximum absolute atomic E-state index is 12.7. The lowest BCUT2D eigenvalue weighted by Crippen LogP contribution is -2.29. The molecule has 2 rings (SSSR count). The molecule has 1 unspecified atom stereocenters. The Balaban J connectivity index is 2.34. The van der Waals surface area contributed by atoms with Crippen LogP contribution in [-0.4, -0.2) is 32.9 Å². The summed E-state index contributed by atoms with van der Waals surface area (Å²) in [6.07, 6.45) is 1.94. The van der Waals surface area contributed by atoms with Crippen molar-refractivity contribution >= 4 is 10.0 Å². The van der Waals surface area contributed by atoms with E-state index < -0.39 is 10.0 Å². The summed E-state index contributed by atoms with van der Waals surface area (Å²) in [4.78, 5) is 0.231. The number of ether oxygens (including phenoxy) is 1. The summed E-state index contributed by atoms with van der Waals surface area (Å²) in [6, 6.07) is 5.03. The lowest BCUT2D eigenvalue weighted by Gasteiger charge is -2.18. The molecular formula is C14H22N2O3S. The minimum atomic E-state index is -3.48. The molecule has 0 spiro atoms. The number of sulfonamides is 1. The zero-order valence-corrected chi connectivity index (χ0v) is 12.8.